The Morgan fingerprint density at radius 2 is 1.93 bits per heavy atom. The van der Waals surface area contributed by atoms with E-state index in [9.17, 15) is 4.79 Å². The highest BCUT2D eigenvalue weighted by Gasteiger charge is 2.38. The van der Waals surface area contributed by atoms with E-state index < -0.39 is 0 Å². The molecule has 82 valence electrons. The Labute approximate surface area is 87.2 Å². The number of hydrogen-bond donors (Lipinski definition) is 1. The predicted molar refractivity (Wildman–Crippen MR) is 59.1 cm³/mol. The fourth-order valence-corrected chi connectivity index (χ4v) is 2.45. The zero-order valence-electron chi connectivity index (χ0n) is 9.35. The number of hydrogen-bond acceptors (Lipinski definition) is 2. The smallest absolute Gasteiger partial charge is 0.140 e. The molecule has 0 atom stereocenters. The van der Waals surface area contributed by atoms with Gasteiger partial charge >= 0.3 is 0 Å². The molecule has 2 heteroatoms. The second kappa shape index (κ2) is 5.50. The molecule has 0 amide bonds. The molecule has 1 rings (SSSR count). The fraction of sp³-hybridized carbons (Fsp3) is 0.917. The molecule has 0 radical (unpaired) electrons. The van der Waals surface area contributed by atoms with Crippen molar-refractivity contribution >= 4 is 5.78 Å². The molecule has 0 spiro atoms. The van der Waals surface area contributed by atoms with Crippen LogP contribution in [0.5, 0.6) is 0 Å². The number of Topliss-reactive ketones (excluding diaryl/α,β-unsaturated/α-hetero) is 1. The maximum Gasteiger partial charge on any atom is 0.140 e. The van der Waals surface area contributed by atoms with Gasteiger partial charge in [0.1, 0.15) is 5.78 Å². The van der Waals surface area contributed by atoms with Gasteiger partial charge in [-0.3, -0.25) is 4.79 Å². The summed E-state index contributed by atoms with van der Waals surface area (Å²) >= 11 is 0. The van der Waals surface area contributed by atoms with E-state index in [1.165, 1.54) is 25.7 Å². The lowest BCUT2D eigenvalue weighted by molar-refractivity contribution is -0.128. The van der Waals surface area contributed by atoms with Gasteiger partial charge in [-0.05, 0) is 19.3 Å². The minimum Gasteiger partial charge on any atom is -0.329 e. The first-order valence-corrected chi connectivity index (χ1v) is 5.98. The van der Waals surface area contributed by atoms with Gasteiger partial charge in [0.15, 0.2) is 0 Å². The molecule has 2 nitrogen and oxygen atoms in total. The third-order valence-electron chi connectivity index (χ3n) is 3.55. The van der Waals surface area contributed by atoms with Crippen LogP contribution in [-0.2, 0) is 4.79 Å². The SMILES string of the molecule is CCCCCC(=O)C1(CN)CCCC1. The molecule has 0 bridgehead atoms. The van der Waals surface area contributed by atoms with Gasteiger partial charge in [-0.15, -0.1) is 0 Å². The quantitative estimate of drug-likeness (QED) is 0.665. The van der Waals surface area contributed by atoms with Gasteiger partial charge in [-0.25, -0.2) is 0 Å². The molecule has 0 aromatic heterocycles. The maximum atomic E-state index is 12.0. The fourth-order valence-electron chi connectivity index (χ4n) is 2.45. The van der Waals surface area contributed by atoms with Crippen LogP contribution >= 0.6 is 0 Å². The second-order valence-electron chi connectivity index (χ2n) is 4.57. The van der Waals surface area contributed by atoms with E-state index in [2.05, 4.69) is 6.92 Å². The van der Waals surface area contributed by atoms with E-state index in [1.807, 2.05) is 0 Å². The number of rotatable bonds is 6. The van der Waals surface area contributed by atoms with Gasteiger partial charge in [-0.2, -0.15) is 0 Å². The van der Waals surface area contributed by atoms with E-state index in [4.69, 9.17) is 5.73 Å². The number of carbonyl (C=O) groups is 1. The Morgan fingerprint density at radius 3 is 2.43 bits per heavy atom. The van der Waals surface area contributed by atoms with Crippen LogP contribution in [0.3, 0.4) is 0 Å². The van der Waals surface area contributed by atoms with Crippen molar-refractivity contribution in [3.63, 3.8) is 0 Å². The standard InChI is InChI=1S/C12H23NO/c1-2-3-4-7-11(14)12(10-13)8-5-6-9-12/h2-10,13H2,1H3. The van der Waals surface area contributed by atoms with Gasteiger partial charge < -0.3 is 5.73 Å². The molecule has 0 aliphatic heterocycles. The molecule has 0 aromatic rings. The Balaban J connectivity index is 2.40. The third kappa shape index (κ3) is 2.57. The third-order valence-corrected chi connectivity index (χ3v) is 3.55. The second-order valence-corrected chi connectivity index (χ2v) is 4.57. The summed E-state index contributed by atoms with van der Waals surface area (Å²) in [6.45, 7) is 2.73. The van der Waals surface area contributed by atoms with Gasteiger partial charge in [0.05, 0.1) is 0 Å². The highest BCUT2D eigenvalue weighted by molar-refractivity contribution is 5.85. The number of carbonyl (C=O) groups excluding carboxylic acids is 1. The number of ketones is 1. The average molecular weight is 197 g/mol. The lowest BCUT2D eigenvalue weighted by atomic mass is 9.80. The molecule has 0 heterocycles. The van der Waals surface area contributed by atoms with Crippen LogP contribution in [0.4, 0.5) is 0 Å². The summed E-state index contributed by atoms with van der Waals surface area (Å²) in [7, 11) is 0. The van der Waals surface area contributed by atoms with Crippen LogP contribution in [0.25, 0.3) is 0 Å². The molecule has 1 aliphatic rings. The van der Waals surface area contributed by atoms with Crippen molar-refractivity contribution in [1.82, 2.24) is 0 Å². The van der Waals surface area contributed by atoms with Crippen molar-refractivity contribution in [2.45, 2.75) is 58.3 Å². The Kier molecular flexibility index (Phi) is 4.59. The zero-order chi connectivity index (χ0) is 10.4. The van der Waals surface area contributed by atoms with E-state index in [1.54, 1.807) is 0 Å². The van der Waals surface area contributed by atoms with E-state index in [-0.39, 0.29) is 5.41 Å². The van der Waals surface area contributed by atoms with E-state index >= 15 is 0 Å². The van der Waals surface area contributed by atoms with Gasteiger partial charge in [0, 0.05) is 18.4 Å². The summed E-state index contributed by atoms with van der Waals surface area (Å²) in [5.41, 5.74) is 5.64. The van der Waals surface area contributed by atoms with Gasteiger partial charge in [0.2, 0.25) is 0 Å². The largest absolute Gasteiger partial charge is 0.329 e. The average Bonchev–Trinajstić information content (AvgIpc) is 2.67. The van der Waals surface area contributed by atoms with Crippen molar-refractivity contribution in [3.8, 4) is 0 Å². The Morgan fingerprint density at radius 1 is 1.29 bits per heavy atom. The van der Waals surface area contributed by atoms with Crippen LogP contribution < -0.4 is 5.73 Å². The molecule has 0 aromatic carbocycles. The normalized spacial score (nSPS) is 19.9. The minimum atomic E-state index is -0.117. The van der Waals surface area contributed by atoms with Crippen LogP contribution in [0, 0.1) is 5.41 Å². The first-order chi connectivity index (χ1) is 6.75. The van der Waals surface area contributed by atoms with Gasteiger partial charge in [0.25, 0.3) is 0 Å². The molecule has 0 unspecified atom stereocenters. The first-order valence-electron chi connectivity index (χ1n) is 5.98. The van der Waals surface area contributed by atoms with Crippen LogP contribution in [-0.4, -0.2) is 12.3 Å². The van der Waals surface area contributed by atoms with Gasteiger partial charge in [-0.1, -0.05) is 32.6 Å². The Hall–Kier alpha value is -0.370. The molecular weight excluding hydrogens is 174 g/mol. The number of unbranched alkanes of at least 4 members (excludes halogenated alkanes) is 2. The van der Waals surface area contributed by atoms with E-state index in [0.717, 1.165) is 25.7 Å². The predicted octanol–water partition coefficient (Wildman–Crippen LogP) is 2.65. The summed E-state index contributed by atoms with van der Waals surface area (Å²) in [6.07, 6.45) is 8.62. The molecule has 1 saturated carbocycles. The summed E-state index contributed by atoms with van der Waals surface area (Å²) < 4.78 is 0. The Bertz CT molecular complexity index is 183. The van der Waals surface area contributed by atoms with Crippen LogP contribution in [0.15, 0.2) is 0 Å². The van der Waals surface area contributed by atoms with Crippen molar-refractivity contribution in [3.05, 3.63) is 0 Å². The molecule has 0 saturated heterocycles. The maximum absolute atomic E-state index is 12.0. The molecular formula is C12H23NO. The molecule has 1 aliphatic carbocycles. The number of nitrogens with two attached hydrogens (primary N) is 1. The molecule has 14 heavy (non-hydrogen) atoms. The van der Waals surface area contributed by atoms with E-state index in [0.29, 0.717) is 12.3 Å². The van der Waals surface area contributed by atoms with Crippen molar-refractivity contribution in [2.24, 2.45) is 11.1 Å². The summed E-state index contributed by atoms with van der Waals surface area (Å²) in [6, 6.07) is 0. The minimum absolute atomic E-state index is 0.117. The molecule has 1 fully saturated rings. The molecule has 2 N–H and O–H groups in total. The summed E-state index contributed by atoms with van der Waals surface area (Å²) in [4.78, 5) is 12.0. The van der Waals surface area contributed by atoms with Crippen molar-refractivity contribution in [2.75, 3.05) is 6.54 Å². The summed E-state index contributed by atoms with van der Waals surface area (Å²) in [5.74, 6) is 0.436. The van der Waals surface area contributed by atoms with Crippen LogP contribution in [0.1, 0.15) is 58.3 Å². The lowest BCUT2D eigenvalue weighted by Gasteiger charge is -2.25. The lowest BCUT2D eigenvalue weighted by Crippen LogP contribution is -2.35. The highest BCUT2D eigenvalue weighted by Crippen LogP contribution is 2.39. The highest BCUT2D eigenvalue weighted by atomic mass is 16.1. The van der Waals surface area contributed by atoms with Crippen molar-refractivity contribution in [1.29, 1.82) is 0 Å². The first kappa shape index (κ1) is 11.7. The zero-order valence-corrected chi connectivity index (χ0v) is 9.35. The van der Waals surface area contributed by atoms with Crippen molar-refractivity contribution < 1.29 is 4.79 Å². The topological polar surface area (TPSA) is 43.1 Å². The van der Waals surface area contributed by atoms with Crippen LogP contribution in [0.2, 0.25) is 0 Å². The monoisotopic (exact) mass is 197 g/mol. The summed E-state index contributed by atoms with van der Waals surface area (Å²) in [5, 5.41) is 0.